The predicted octanol–water partition coefficient (Wildman–Crippen LogP) is 9.33. The smallest absolute Gasteiger partial charge is 0.150 e. The molecule has 3 aromatic rings. The summed E-state index contributed by atoms with van der Waals surface area (Å²) in [6.07, 6.45) is 5.67. The van der Waals surface area contributed by atoms with Crippen molar-refractivity contribution in [2.24, 2.45) is 4.99 Å². The minimum Gasteiger partial charge on any atom is -0.368 e. The van der Waals surface area contributed by atoms with E-state index in [0.717, 1.165) is 27.4 Å². The third-order valence-electron chi connectivity index (χ3n) is 7.92. The zero-order chi connectivity index (χ0) is 32.8. The van der Waals surface area contributed by atoms with Crippen LogP contribution in [0.4, 0.5) is 20.3 Å². The molecule has 1 aliphatic rings. The van der Waals surface area contributed by atoms with Gasteiger partial charge in [-0.25, -0.2) is 18.8 Å². The number of hydrogen-bond donors (Lipinski definition) is 1. The molecule has 236 valence electrons. The average molecular weight is 628 g/mol. The number of rotatable bonds is 11. The minimum atomic E-state index is -0.645. The van der Waals surface area contributed by atoms with Gasteiger partial charge < -0.3 is 15.1 Å². The fraction of sp³-hybridized carbons (Fsp3) is 0.297. The van der Waals surface area contributed by atoms with E-state index in [-0.39, 0.29) is 23.2 Å². The molecule has 0 radical (unpaired) electrons. The number of pyridine rings is 1. The van der Waals surface area contributed by atoms with E-state index in [2.05, 4.69) is 74.3 Å². The molecule has 1 aromatic heterocycles. The fourth-order valence-corrected chi connectivity index (χ4v) is 6.26. The molecule has 1 saturated heterocycles. The number of nitrogens with zero attached hydrogens (tertiary/aromatic N) is 4. The number of hydrogen-bond acceptors (Lipinski definition) is 5. The van der Waals surface area contributed by atoms with Crippen LogP contribution in [-0.4, -0.2) is 52.6 Å². The molecule has 45 heavy (non-hydrogen) atoms. The second-order valence-corrected chi connectivity index (χ2v) is 12.5. The molecule has 0 aliphatic carbocycles. The number of allylic oxidation sites excluding steroid dienone is 2. The second kappa shape index (κ2) is 14.7. The van der Waals surface area contributed by atoms with Gasteiger partial charge in [-0.2, -0.15) is 0 Å². The first-order chi connectivity index (χ1) is 21.5. The maximum atomic E-state index is 16.4. The van der Waals surface area contributed by atoms with Crippen molar-refractivity contribution in [3.63, 3.8) is 0 Å². The summed E-state index contributed by atoms with van der Waals surface area (Å²) < 4.78 is 31.7. The zero-order valence-corrected chi connectivity index (χ0v) is 27.8. The number of nitrogens with one attached hydrogen (secondary N) is 1. The molecule has 1 atom stereocenters. The summed E-state index contributed by atoms with van der Waals surface area (Å²) in [7, 11) is 0. The van der Waals surface area contributed by atoms with Crippen LogP contribution in [0.1, 0.15) is 50.3 Å². The predicted molar refractivity (Wildman–Crippen MR) is 188 cm³/mol. The Morgan fingerprint density at radius 1 is 1.13 bits per heavy atom. The molecular formula is C37H43F2N5S. The van der Waals surface area contributed by atoms with E-state index < -0.39 is 11.6 Å². The van der Waals surface area contributed by atoms with E-state index in [0.29, 0.717) is 48.8 Å². The number of aromatic nitrogens is 1. The van der Waals surface area contributed by atoms with Crippen LogP contribution in [0.5, 0.6) is 0 Å². The molecule has 1 unspecified atom stereocenters. The number of benzene rings is 2. The second-order valence-electron chi connectivity index (χ2n) is 11.6. The Hall–Kier alpha value is -4.17. The Balaban J connectivity index is 2.00. The van der Waals surface area contributed by atoms with Crippen LogP contribution in [0.15, 0.2) is 102 Å². The summed E-state index contributed by atoms with van der Waals surface area (Å²) in [6.45, 7) is 26.1. The van der Waals surface area contributed by atoms with Gasteiger partial charge in [-0.15, -0.1) is 11.8 Å². The van der Waals surface area contributed by atoms with Crippen molar-refractivity contribution >= 4 is 29.1 Å². The number of halogens is 2. The van der Waals surface area contributed by atoms with Crippen molar-refractivity contribution in [2.75, 3.05) is 31.2 Å². The van der Waals surface area contributed by atoms with Gasteiger partial charge in [-0.1, -0.05) is 70.0 Å². The molecule has 8 heteroatoms. The largest absolute Gasteiger partial charge is 0.368 e. The summed E-state index contributed by atoms with van der Waals surface area (Å²) in [6, 6.07) is 12.3. The molecule has 1 fully saturated rings. The van der Waals surface area contributed by atoms with Gasteiger partial charge in [-0.3, -0.25) is 0 Å². The van der Waals surface area contributed by atoms with E-state index in [1.807, 2.05) is 19.2 Å². The van der Waals surface area contributed by atoms with Crippen molar-refractivity contribution in [1.82, 2.24) is 14.8 Å². The van der Waals surface area contributed by atoms with Crippen LogP contribution in [-0.2, 0) is 6.42 Å². The first-order valence-electron chi connectivity index (χ1n) is 15.1. The lowest BCUT2D eigenvalue weighted by atomic mass is 9.97. The maximum absolute atomic E-state index is 16.4. The molecular weight excluding hydrogens is 585 g/mol. The molecule has 5 nitrogen and oxygen atoms in total. The minimum absolute atomic E-state index is 0.00815. The van der Waals surface area contributed by atoms with Gasteiger partial charge in [0.2, 0.25) is 0 Å². The van der Waals surface area contributed by atoms with Crippen molar-refractivity contribution in [3.8, 4) is 11.3 Å². The molecule has 2 aromatic carbocycles. The van der Waals surface area contributed by atoms with Crippen LogP contribution in [0.3, 0.4) is 0 Å². The highest BCUT2D eigenvalue weighted by Gasteiger charge is 2.31. The van der Waals surface area contributed by atoms with Gasteiger partial charge in [0.15, 0.2) is 0 Å². The summed E-state index contributed by atoms with van der Waals surface area (Å²) in [5, 5.41) is 3.11. The van der Waals surface area contributed by atoms with E-state index in [9.17, 15) is 0 Å². The van der Waals surface area contributed by atoms with Gasteiger partial charge in [0.1, 0.15) is 29.0 Å². The van der Waals surface area contributed by atoms with Crippen LogP contribution in [0, 0.1) is 11.6 Å². The average Bonchev–Trinajstić information content (AvgIpc) is 3.00. The summed E-state index contributed by atoms with van der Waals surface area (Å²) in [4.78, 5) is 15.5. The van der Waals surface area contributed by atoms with Crippen LogP contribution >= 0.6 is 11.8 Å². The zero-order valence-electron chi connectivity index (χ0n) is 27.0. The Labute approximate surface area is 271 Å². The number of para-hydroxylation sites is 1. The number of piperazine rings is 1. The van der Waals surface area contributed by atoms with Gasteiger partial charge in [-0.05, 0) is 74.0 Å². The monoisotopic (exact) mass is 627 g/mol. The highest BCUT2D eigenvalue weighted by molar-refractivity contribution is 7.98. The number of aliphatic imine (C=N–C) groups is 1. The summed E-state index contributed by atoms with van der Waals surface area (Å²) in [5.74, 6) is -0.0728. The Kier molecular flexibility index (Phi) is 11.0. The fourth-order valence-electron chi connectivity index (χ4n) is 5.68. The van der Waals surface area contributed by atoms with Crippen molar-refractivity contribution < 1.29 is 8.78 Å². The highest BCUT2D eigenvalue weighted by Crippen LogP contribution is 2.38. The molecule has 2 heterocycles. The van der Waals surface area contributed by atoms with Crippen LogP contribution < -0.4 is 5.32 Å². The SMILES string of the molecule is C=CNc1nc(-c2c(F)cccc2CC(=C)C)c(F)cc1/C(=N\c1c(SC)cccc1C(C)C)N1CCN(C(=C)C=C)CC1C. The Bertz CT molecular complexity index is 1640. The number of anilines is 1. The quantitative estimate of drug-likeness (QED) is 0.0755. The highest BCUT2D eigenvalue weighted by atomic mass is 32.2. The molecule has 0 bridgehead atoms. The standard InChI is InChI=1S/C37H43F2N5S/c1-10-25(7)43-18-19-44(26(8)22-43)37(42-34-28(24(5)6)15-13-17-32(34)45-9)29-21-31(39)35(41-36(29)40-11-2)33-27(20-23(3)4)14-12-16-30(33)38/h10-17,21,24,26H,1-3,7,18-20,22H2,4-6,8-9H3,(H,40,41)/b42-37+. The number of amidine groups is 1. The van der Waals surface area contributed by atoms with Crippen molar-refractivity contribution in [2.45, 2.75) is 51.0 Å². The lowest BCUT2D eigenvalue weighted by molar-refractivity contribution is 0.172. The topological polar surface area (TPSA) is 43.8 Å². The third kappa shape index (κ3) is 7.39. The van der Waals surface area contributed by atoms with E-state index >= 15 is 8.78 Å². The third-order valence-corrected chi connectivity index (χ3v) is 8.69. The summed E-state index contributed by atoms with van der Waals surface area (Å²) >= 11 is 1.62. The summed E-state index contributed by atoms with van der Waals surface area (Å²) in [5.41, 5.74) is 4.73. The van der Waals surface area contributed by atoms with Crippen molar-refractivity contribution in [1.29, 1.82) is 0 Å². The molecule has 0 spiro atoms. The maximum Gasteiger partial charge on any atom is 0.150 e. The van der Waals surface area contributed by atoms with Gasteiger partial charge in [0.25, 0.3) is 0 Å². The molecule has 0 amide bonds. The molecule has 1 aliphatic heterocycles. The lowest BCUT2D eigenvalue weighted by Crippen LogP contribution is -2.53. The van der Waals surface area contributed by atoms with Crippen LogP contribution in [0.25, 0.3) is 11.3 Å². The first-order valence-corrected chi connectivity index (χ1v) is 16.3. The van der Waals surface area contributed by atoms with Gasteiger partial charge >= 0.3 is 0 Å². The Morgan fingerprint density at radius 3 is 2.49 bits per heavy atom. The van der Waals surface area contributed by atoms with E-state index in [4.69, 9.17) is 9.98 Å². The first kappa shape index (κ1) is 33.7. The molecule has 1 N–H and O–H groups in total. The molecule has 4 rings (SSSR count). The lowest BCUT2D eigenvalue weighted by Gasteiger charge is -2.43. The van der Waals surface area contributed by atoms with Gasteiger partial charge in [0.05, 0.1) is 11.3 Å². The van der Waals surface area contributed by atoms with E-state index in [1.54, 1.807) is 30.0 Å². The van der Waals surface area contributed by atoms with E-state index in [1.165, 1.54) is 18.3 Å². The van der Waals surface area contributed by atoms with Crippen molar-refractivity contribution in [3.05, 3.63) is 121 Å². The van der Waals surface area contributed by atoms with Crippen LogP contribution in [0.2, 0.25) is 0 Å². The number of thioether (sulfide) groups is 1. The molecule has 0 saturated carbocycles. The van der Waals surface area contributed by atoms with Gasteiger partial charge in [0, 0.05) is 41.8 Å². The normalized spacial score (nSPS) is 15.3. The Morgan fingerprint density at radius 2 is 1.87 bits per heavy atom.